The van der Waals surface area contributed by atoms with E-state index >= 15 is 0 Å². The van der Waals surface area contributed by atoms with Crippen LogP contribution in [-0.4, -0.2) is 19.5 Å². The largest absolute Gasteiger partial charge is 0.465 e. The summed E-state index contributed by atoms with van der Waals surface area (Å²) in [7, 11) is 0. The van der Waals surface area contributed by atoms with Crippen molar-refractivity contribution in [1.82, 2.24) is 0 Å². The summed E-state index contributed by atoms with van der Waals surface area (Å²) in [5.41, 5.74) is 1.32. The maximum Gasteiger partial charge on any atom is 0.169 e. The smallest absolute Gasteiger partial charge is 0.169 e. The lowest BCUT2D eigenvalue weighted by atomic mass is 9.95. The Bertz CT molecular complexity index is 649. The maximum atomic E-state index is 5.77. The molecule has 0 radical (unpaired) electrons. The Labute approximate surface area is 150 Å². The zero-order valence-electron chi connectivity index (χ0n) is 15.2. The zero-order chi connectivity index (χ0) is 17.5. The molecule has 0 spiro atoms. The number of aryl methyl sites for hydroxylation is 1. The molecule has 3 heterocycles. The summed E-state index contributed by atoms with van der Waals surface area (Å²) in [6.45, 7) is 6.94. The van der Waals surface area contributed by atoms with Gasteiger partial charge in [-0.05, 0) is 36.6 Å². The summed E-state index contributed by atoms with van der Waals surface area (Å²) in [6, 6.07) is 8.08. The number of aromatic nitrogens is 1. The minimum atomic E-state index is -0.0212. The number of furan rings is 1. The van der Waals surface area contributed by atoms with Crippen LogP contribution in [0.4, 0.5) is 0 Å². The number of hydrogen-bond donors (Lipinski definition) is 0. The van der Waals surface area contributed by atoms with Gasteiger partial charge in [0.05, 0.1) is 19.5 Å². The van der Waals surface area contributed by atoms with Crippen molar-refractivity contribution in [2.45, 2.75) is 45.9 Å². The molecule has 1 aliphatic rings. The van der Waals surface area contributed by atoms with Crippen molar-refractivity contribution < 1.29 is 18.5 Å². The third-order valence-electron chi connectivity index (χ3n) is 4.33. The summed E-state index contributed by atoms with van der Waals surface area (Å²) >= 11 is 0. The first-order valence-electron chi connectivity index (χ1n) is 9.05. The molecular weight excluding hydrogens is 314 g/mol. The van der Waals surface area contributed by atoms with E-state index in [-0.39, 0.29) is 11.7 Å². The second kappa shape index (κ2) is 8.45. The molecule has 0 bridgehead atoms. The molecule has 0 atom stereocenters. The monoisotopic (exact) mass is 342 g/mol. The molecule has 4 nitrogen and oxygen atoms in total. The molecule has 1 saturated heterocycles. The molecule has 0 N–H and O–H groups in total. The van der Waals surface area contributed by atoms with E-state index in [1.54, 1.807) is 6.26 Å². The third kappa shape index (κ3) is 5.83. The van der Waals surface area contributed by atoms with Crippen LogP contribution in [0.1, 0.15) is 44.4 Å². The highest BCUT2D eigenvalue weighted by atomic mass is 16.7. The van der Waals surface area contributed by atoms with Gasteiger partial charge in [0.25, 0.3) is 0 Å². The summed E-state index contributed by atoms with van der Waals surface area (Å²) in [5, 5.41) is 0. The highest BCUT2D eigenvalue weighted by Crippen LogP contribution is 2.24. The Kier molecular flexibility index (Phi) is 6.05. The van der Waals surface area contributed by atoms with E-state index in [4.69, 9.17) is 13.9 Å². The van der Waals surface area contributed by atoms with Gasteiger partial charge < -0.3 is 13.9 Å². The van der Waals surface area contributed by atoms with Crippen LogP contribution in [0.3, 0.4) is 0 Å². The lowest BCUT2D eigenvalue weighted by Gasteiger charge is -2.34. The van der Waals surface area contributed by atoms with Gasteiger partial charge in [-0.2, -0.15) is 0 Å². The molecule has 1 fully saturated rings. The standard InChI is InChI=1S/C21H28NO3/c1-21(2)16-24-20(25-17-21)7-3-4-12-22-13-10-18(11-14-22)8-9-19-6-5-15-23-19/h5-6,8-11,13-15,20H,3-4,7,12,16-17H2,1-2H3/q+1/b9-8+. The number of ether oxygens (including phenoxy) is 2. The number of hydrogen-bond acceptors (Lipinski definition) is 3. The molecule has 2 aromatic rings. The number of rotatable bonds is 7. The second-order valence-corrected chi connectivity index (χ2v) is 7.43. The van der Waals surface area contributed by atoms with Crippen molar-refractivity contribution in [3.05, 3.63) is 54.2 Å². The molecule has 2 aromatic heterocycles. The van der Waals surface area contributed by atoms with E-state index in [1.807, 2.05) is 18.2 Å². The first kappa shape index (κ1) is 17.9. The van der Waals surface area contributed by atoms with Crippen molar-refractivity contribution in [2.75, 3.05) is 13.2 Å². The molecule has 0 unspecified atom stereocenters. The van der Waals surface area contributed by atoms with Crippen LogP contribution in [0.25, 0.3) is 12.2 Å². The van der Waals surface area contributed by atoms with Gasteiger partial charge in [-0.25, -0.2) is 4.57 Å². The lowest BCUT2D eigenvalue weighted by Crippen LogP contribution is -2.38. The van der Waals surface area contributed by atoms with Crippen LogP contribution < -0.4 is 4.57 Å². The first-order chi connectivity index (χ1) is 12.1. The van der Waals surface area contributed by atoms with Crippen LogP contribution in [-0.2, 0) is 16.0 Å². The van der Waals surface area contributed by atoms with E-state index in [0.717, 1.165) is 44.8 Å². The van der Waals surface area contributed by atoms with Crippen LogP contribution in [0.15, 0.2) is 47.3 Å². The van der Waals surface area contributed by atoms with E-state index in [0.29, 0.717) is 0 Å². The van der Waals surface area contributed by atoms with E-state index in [2.05, 4.69) is 49.0 Å². The number of unbranched alkanes of at least 4 members (excludes halogenated alkanes) is 1. The van der Waals surface area contributed by atoms with Gasteiger partial charge >= 0.3 is 0 Å². The van der Waals surface area contributed by atoms with Crippen LogP contribution in [0, 0.1) is 5.41 Å². The lowest BCUT2D eigenvalue weighted by molar-refractivity contribution is -0.697. The quantitative estimate of drug-likeness (QED) is 0.556. The molecule has 4 heteroatoms. The van der Waals surface area contributed by atoms with Gasteiger partial charge in [0.15, 0.2) is 18.7 Å². The van der Waals surface area contributed by atoms with Crippen LogP contribution in [0.5, 0.6) is 0 Å². The molecule has 0 aromatic carbocycles. The molecule has 1 aliphatic heterocycles. The van der Waals surface area contributed by atoms with Crippen molar-refractivity contribution >= 4 is 12.2 Å². The predicted molar refractivity (Wildman–Crippen MR) is 97.6 cm³/mol. The molecule has 0 saturated carbocycles. The fraction of sp³-hybridized carbons (Fsp3) is 0.476. The number of pyridine rings is 1. The van der Waals surface area contributed by atoms with Gasteiger partial charge in [0.2, 0.25) is 0 Å². The van der Waals surface area contributed by atoms with Gasteiger partial charge in [-0.1, -0.05) is 19.9 Å². The summed E-state index contributed by atoms with van der Waals surface area (Å²) in [6.07, 6.45) is 13.1. The minimum Gasteiger partial charge on any atom is -0.465 e. The first-order valence-corrected chi connectivity index (χ1v) is 9.05. The Balaban J connectivity index is 1.36. The predicted octanol–water partition coefficient (Wildman–Crippen LogP) is 4.31. The normalized spacial score (nSPS) is 18.0. The highest BCUT2D eigenvalue weighted by molar-refractivity contribution is 5.66. The molecule has 0 amide bonds. The maximum absolute atomic E-state index is 5.77. The Morgan fingerprint density at radius 2 is 1.84 bits per heavy atom. The van der Waals surface area contributed by atoms with Gasteiger partial charge in [0, 0.05) is 24.0 Å². The van der Waals surface area contributed by atoms with Gasteiger partial charge in [0.1, 0.15) is 12.3 Å². The zero-order valence-corrected chi connectivity index (χ0v) is 15.2. The fourth-order valence-electron chi connectivity index (χ4n) is 2.79. The SMILES string of the molecule is CC1(C)COC(CCCC[n+]2ccc(/C=C/c3ccco3)cc2)OC1. The van der Waals surface area contributed by atoms with Gasteiger partial charge in [-0.15, -0.1) is 0 Å². The molecule has 25 heavy (non-hydrogen) atoms. The van der Waals surface area contributed by atoms with Crippen LogP contribution in [0.2, 0.25) is 0 Å². The number of nitrogens with zero attached hydrogens (tertiary/aromatic N) is 1. The third-order valence-corrected chi connectivity index (χ3v) is 4.33. The second-order valence-electron chi connectivity index (χ2n) is 7.43. The van der Waals surface area contributed by atoms with Crippen molar-refractivity contribution in [3.8, 4) is 0 Å². The Morgan fingerprint density at radius 3 is 2.52 bits per heavy atom. The molecular formula is C21H28NO3+. The van der Waals surface area contributed by atoms with Crippen LogP contribution >= 0.6 is 0 Å². The topological polar surface area (TPSA) is 35.5 Å². The van der Waals surface area contributed by atoms with E-state index in [9.17, 15) is 0 Å². The molecule has 134 valence electrons. The summed E-state index contributed by atoms with van der Waals surface area (Å²) < 4.78 is 19.1. The van der Waals surface area contributed by atoms with E-state index in [1.165, 1.54) is 5.56 Å². The molecule has 0 aliphatic carbocycles. The van der Waals surface area contributed by atoms with Gasteiger partial charge in [-0.3, -0.25) is 0 Å². The Hall–Kier alpha value is -1.91. The van der Waals surface area contributed by atoms with Crippen molar-refractivity contribution in [1.29, 1.82) is 0 Å². The summed E-state index contributed by atoms with van der Waals surface area (Å²) in [5.74, 6) is 0.868. The average Bonchev–Trinajstić information content (AvgIpc) is 3.13. The minimum absolute atomic E-state index is 0.0212. The average molecular weight is 342 g/mol. The van der Waals surface area contributed by atoms with Crippen molar-refractivity contribution in [2.24, 2.45) is 5.41 Å². The molecule has 3 rings (SSSR count). The highest BCUT2D eigenvalue weighted by Gasteiger charge is 2.27. The van der Waals surface area contributed by atoms with Crippen molar-refractivity contribution in [3.63, 3.8) is 0 Å². The Morgan fingerprint density at radius 1 is 1.08 bits per heavy atom. The summed E-state index contributed by atoms with van der Waals surface area (Å²) in [4.78, 5) is 0. The fourth-order valence-corrected chi connectivity index (χ4v) is 2.79. The van der Waals surface area contributed by atoms with E-state index < -0.39 is 0 Å².